The van der Waals surface area contributed by atoms with Crippen molar-refractivity contribution in [2.75, 3.05) is 0 Å². The van der Waals surface area contributed by atoms with Crippen molar-refractivity contribution < 1.29 is 4.39 Å². The zero-order valence-electron chi connectivity index (χ0n) is 2.91. The molecule has 0 saturated heterocycles. The first-order valence-corrected chi connectivity index (χ1v) is 2.03. The fraction of sp³-hybridized carbons (Fsp3) is 0.500. The van der Waals surface area contributed by atoms with Crippen LogP contribution in [-0.2, 0) is 0 Å². The van der Waals surface area contributed by atoms with E-state index < -0.39 is 11.5 Å². The fourth-order valence-electron chi connectivity index (χ4n) is 0.201. The Labute approximate surface area is 40.6 Å². The molecular weight excluding hydrogens is 102 g/mol. The predicted octanol–water partition coefficient (Wildman–Crippen LogP) is 1.18. The lowest BCUT2D eigenvalue weighted by Gasteiger charge is -1.59. The van der Waals surface area contributed by atoms with Gasteiger partial charge in [-0.05, 0) is 12.2 Å². The van der Waals surface area contributed by atoms with E-state index in [0.29, 0.717) is 0 Å². The van der Waals surface area contributed by atoms with Gasteiger partial charge in [0.1, 0.15) is 6.17 Å². The SMILES string of the molecule is [C]=C1C(F)C1Cl. The summed E-state index contributed by atoms with van der Waals surface area (Å²) in [4.78, 5) is 0. The molecule has 0 aliphatic heterocycles. The van der Waals surface area contributed by atoms with Crippen LogP contribution in [0.25, 0.3) is 0 Å². The van der Waals surface area contributed by atoms with Crippen LogP contribution in [0.5, 0.6) is 0 Å². The zero-order valence-corrected chi connectivity index (χ0v) is 3.67. The molecule has 0 N–H and O–H groups in total. The minimum Gasteiger partial charge on any atom is -0.241 e. The molecule has 2 heteroatoms. The van der Waals surface area contributed by atoms with E-state index in [0.717, 1.165) is 0 Å². The molecule has 6 heavy (non-hydrogen) atoms. The third-order valence-corrected chi connectivity index (χ3v) is 1.20. The number of halogens is 2. The van der Waals surface area contributed by atoms with E-state index in [1.54, 1.807) is 0 Å². The first kappa shape index (κ1) is 4.13. The third-order valence-electron chi connectivity index (χ3n) is 0.742. The second-order valence-corrected chi connectivity index (χ2v) is 1.73. The molecule has 2 unspecified atom stereocenters. The van der Waals surface area contributed by atoms with Crippen LogP contribution in [0, 0.1) is 6.58 Å². The molecule has 1 saturated carbocycles. The highest BCUT2D eigenvalue weighted by Gasteiger charge is 2.41. The second kappa shape index (κ2) is 0.969. The highest BCUT2D eigenvalue weighted by molar-refractivity contribution is 6.26. The van der Waals surface area contributed by atoms with Gasteiger partial charge in [-0.15, -0.1) is 11.6 Å². The normalized spacial score (nSPS) is 43.3. The Morgan fingerprint density at radius 2 is 2.00 bits per heavy atom. The van der Waals surface area contributed by atoms with E-state index in [4.69, 9.17) is 18.2 Å². The molecule has 32 valence electrons. The molecule has 2 atom stereocenters. The van der Waals surface area contributed by atoms with Gasteiger partial charge in [-0.25, -0.2) is 4.39 Å². The van der Waals surface area contributed by atoms with Gasteiger partial charge in [0.05, 0.1) is 5.38 Å². The van der Waals surface area contributed by atoms with Crippen molar-refractivity contribution >= 4 is 11.6 Å². The summed E-state index contributed by atoms with van der Waals surface area (Å²) in [5.74, 6) is 0. The maximum Gasteiger partial charge on any atom is 0.144 e. The van der Waals surface area contributed by atoms with Gasteiger partial charge in [0, 0.05) is 0 Å². The second-order valence-electron chi connectivity index (χ2n) is 1.26. The van der Waals surface area contributed by atoms with E-state index in [1.807, 2.05) is 0 Å². The molecule has 0 amide bonds. The van der Waals surface area contributed by atoms with Gasteiger partial charge >= 0.3 is 0 Å². The summed E-state index contributed by atoms with van der Waals surface area (Å²) < 4.78 is 11.5. The summed E-state index contributed by atoms with van der Waals surface area (Å²) in [5, 5.41) is -0.593. The van der Waals surface area contributed by atoms with Gasteiger partial charge in [-0.1, -0.05) is 0 Å². The van der Waals surface area contributed by atoms with Gasteiger partial charge in [0.2, 0.25) is 0 Å². The Balaban J connectivity index is 2.51. The molecule has 0 heterocycles. The van der Waals surface area contributed by atoms with E-state index >= 15 is 0 Å². The van der Waals surface area contributed by atoms with Crippen molar-refractivity contribution in [2.45, 2.75) is 11.5 Å². The molecule has 0 aromatic carbocycles. The molecule has 0 bridgehead atoms. The molecule has 0 spiro atoms. The molecule has 2 radical (unpaired) electrons. The van der Waals surface area contributed by atoms with E-state index in [2.05, 4.69) is 0 Å². The molecule has 1 rings (SSSR count). The lowest BCUT2D eigenvalue weighted by Crippen LogP contribution is -1.66. The molecule has 0 aromatic rings. The van der Waals surface area contributed by atoms with Crippen LogP contribution in [0.3, 0.4) is 0 Å². The van der Waals surface area contributed by atoms with Gasteiger partial charge in [-0.2, -0.15) is 0 Å². The van der Waals surface area contributed by atoms with Crippen LogP contribution in [-0.4, -0.2) is 11.5 Å². The average Bonchev–Trinajstić information content (AvgIpc) is 1.94. The quantitative estimate of drug-likeness (QED) is 0.405. The maximum absolute atomic E-state index is 11.5. The van der Waals surface area contributed by atoms with Crippen molar-refractivity contribution in [1.29, 1.82) is 0 Å². The van der Waals surface area contributed by atoms with Gasteiger partial charge in [0.15, 0.2) is 0 Å². The summed E-state index contributed by atoms with van der Waals surface area (Å²) in [6, 6.07) is 0. The topological polar surface area (TPSA) is 0 Å². The molecule has 0 aromatic heterocycles. The predicted molar refractivity (Wildman–Crippen MR) is 21.3 cm³/mol. The van der Waals surface area contributed by atoms with Crippen LogP contribution in [0.15, 0.2) is 5.57 Å². The summed E-state index contributed by atoms with van der Waals surface area (Å²) >= 11 is 5.09. The molecule has 1 fully saturated rings. The Kier molecular flexibility index (Phi) is 0.667. The van der Waals surface area contributed by atoms with Crippen molar-refractivity contribution in [1.82, 2.24) is 0 Å². The smallest absolute Gasteiger partial charge is 0.144 e. The minimum absolute atomic E-state index is 0.0247. The summed E-state index contributed by atoms with van der Waals surface area (Å²) in [7, 11) is 0. The Bertz CT molecular complexity index is 79.5. The molecular formula is C4H2ClF. The van der Waals surface area contributed by atoms with Crippen LogP contribution in [0.2, 0.25) is 0 Å². The number of hydrogen-bond donors (Lipinski definition) is 0. The number of rotatable bonds is 0. The zero-order chi connectivity index (χ0) is 4.73. The van der Waals surface area contributed by atoms with Gasteiger partial charge in [-0.3, -0.25) is 0 Å². The molecule has 1 aliphatic rings. The van der Waals surface area contributed by atoms with Crippen molar-refractivity contribution in [3.8, 4) is 0 Å². The summed E-state index contributed by atoms with van der Waals surface area (Å²) in [6.45, 7) is 6.52. The van der Waals surface area contributed by atoms with Gasteiger partial charge in [0.25, 0.3) is 0 Å². The number of alkyl halides is 2. The lowest BCUT2D eigenvalue weighted by molar-refractivity contribution is 0.497. The summed E-state index contributed by atoms with van der Waals surface area (Å²) in [5.41, 5.74) is 0.0247. The third kappa shape index (κ3) is 0.350. The highest BCUT2D eigenvalue weighted by Crippen LogP contribution is 2.36. The number of hydrogen-bond acceptors (Lipinski definition) is 0. The van der Waals surface area contributed by atoms with Crippen LogP contribution in [0.4, 0.5) is 4.39 Å². The Morgan fingerprint density at radius 1 is 1.83 bits per heavy atom. The van der Waals surface area contributed by atoms with Gasteiger partial charge < -0.3 is 0 Å². The molecule has 0 nitrogen and oxygen atoms in total. The Morgan fingerprint density at radius 3 is 2.00 bits per heavy atom. The van der Waals surface area contributed by atoms with Crippen LogP contribution >= 0.6 is 11.6 Å². The largest absolute Gasteiger partial charge is 0.241 e. The minimum atomic E-state index is -1.13. The van der Waals surface area contributed by atoms with E-state index in [9.17, 15) is 4.39 Å². The summed E-state index contributed by atoms with van der Waals surface area (Å²) in [6.07, 6.45) is -1.13. The molecule has 1 aliphatic carbocycles. The first-order chi connectivity index (χ1) is 2.73. The average molecular weight is 105 g/mol. The van der Waals surface area contributed by atoms with Crippen molar-refractivity contribution in [2.24, 2.45) is 0 Å². The number of allylic oxidation sites excluding steroid dienone is 1. The van der Waals surface area contributed by atoms with Crippen molar-refractivity contribution in [3.63, 3.8) is 0 Å². The van der Waals surface area contributed by atoms with E-state index in [-0.39, 0.29) is 5.57 Å². The van der Waals surface area contributed by atoms with E-state index in [1.165, 1.54) is 0 Å². The highest BCUT2D eigenvalue weighted by atomic mass is 35.5. The van der Waals surface area contributed by atoms with Crippen LogP contribution < -0.4 is 0 Å². The van der Waals surface area contributed by atoms with Crippen molar-refractivity contribution in [3.05, 3.63) is 12.2 Å². The fourth-order valence-corrected chi connectivity index (χ4v) is 0.385. The van der Waals surface area contributed by atoms with Crippen LogP contribution in [0.1, 0.15) is 0 Å². The first-order valence-electron chi connectivity index (χ1n) is 1.60. The Hall–Kier alpha value is -0.0400. The maximum atomic E-state index is 11.5. The lowest BCUT2D eigenvalue weighted by atomic mass is 10.7. The monoisotopic (exact) mass is 104 g/mol. The standard InChI is InChI=1S/C4H2ClF/c1-2-3(5)4(2)6/h3-4H.